The summed E-state index contributed by atoms with van der Waals surface area (Å²) >= 11 is 0. The van der Waals surface area contributed by atoms with Crippen molar-refractivity contribution in [3.8, 4) is 11.3 Å². The number of likely N-dealkylation sites (tertiary alicyclic amines) is 1. The molecule has 5 rings (SSSR count). The maximum absolute atomic E-state index is 12.8. The van der Waals surface area contributed by atoms with Gasteiger partial charge in [-0.2, -0.15) is 5.10 Å². The molecule has 1 saturated heterocycles. The summed E-state index contributed by atoms with van der Waals surface area (Å²) < 4.78 is 1.93. The van der Waals surface area contributed by atoms with E-state index in [9.17, 15) is 4.79 Å². The first-order valence-electron chi connectivity index (χ1n) is 9.10. The summed E-state index contributed by atoms with van der Waals surface area (Å²) in [4.78, 5) is 14.7. The first-order valence-corrected chi connectivity index (χ1v) is 9.10. The Morgan fingerprint density at radius 1 is 1.15 bits per heavy atom. The Hall–Kier alpha value is -2.96. The largest absolute Gasteiger partial charge is 0.335 e. The number of benzene rings is 1. The summed E-state index contributed by atoms with van der Waals surface area (Å²) in [6.07, 6.45) is 5.40. The van der Waals surface area contributed by atoms with E-state index in [2.05, 4.69) is 26.7 Å². The zero-order valence-electron chi connectivity index (χ0n) is 14.4. The third kappa shape index (κ3) is 2.79. The van der Waals surface area contributed by atoms with Gasteiger partial charge in [-0.3, -0.25) is 9.89 Å². The number of nitrogens with zero attached hydrogens (tertiary/aromatic N) is 5. The lowest BCUT2D eigenvalue weighted by Crippen LogP contribution is -2.29. The number of amides is 1. The number of aromatic amines is 1. The number of carbonyl (C=O) groups excluding carboxylic acids is 1. The van der Waals surface area contributed by atoms with E-state index < -0.39 is 0 Å². The molecule has 132 valence electrons. The first kappa shape index (κ1) is 15.3. The number of carbonyl (C=O) groups is 1. The van der Waals surface area contributed by atoms with Gasteiger partial charge in [-0.05, 0) is 25.3 Å². The fourth-order valence-electron chi connectivity index (χ4n) is 3.54. The second-order valence-electron chi connectivity index (χ2n) is 7.12. The van der Waals surface area contributed by atoms with Gasteiger partial charge in [0.1, 0.15) is 5.69 Å². The standard InChI is InChI=1S/C19H20N6O/c26-19(17-10-16(20-21-17)13-4-2-1-3-5-13)24-9-8-15(11-24)25-12-18(22-23-25)14-6-7-14/h1-5,10,12,14-15H,6-9,11H2,(H,20,21). The molecule has 1 aliphatic heterocycles. The molecule has 2 aromatic heterocycles. The van der Waals surface area contributed by atoms with Crippen molar-refractivity contribution in [3.05, 3.63) is 54.0 Å². The molecule has 1 saturated carbocycles. The highest BCUT2D eigenvalue weighted by atomic mass is 16.2. The molecule has 3 aromatic rings. The number of H-pyrrole nitrogens is 1. The summed E-state index contributed by atoms with van der Waals surface area (Å²) in [5.41, 5.74) is 3.41. The van der Waals surface area contributed by atoms with Crippen LogP contribution >= 0.6 is 0 Å². The molecule has 2 aliphatic rings. The van der Waals surface area contributed by atoms with Crippen LogP contribution in [-0.2, 0) is 0 Å². The van der Waals surface area contributed by atoms with Gasteiger partial charge in [0.15, 0.2) is 0 Å². The predicted molar refractivity (Wildman–Crippen MR) is 95.6 cm³/mol. The van der Waals surface area contributed by atoms with Crippen LogP contribution in [0, 0.1) is 0 Å². The smallest absolute Gasteiger partial charge is 0.271 e. The highest BCUT2D eigenvalue weighted by Gasteiger charge is 2.32. The van der Waals surface area contributed by atoms with E-state index in [1.165, 1.54) is 12.8 Å². The first-order chi connectivity index (χ1) is 12.8. The van der Waals surface area contributed by atoms with Crippen LogP contribution in [0.15, 0.2) is 42.6 Å². The minimum Gasteiger partial charge on any atom is -0.335 e. The number of aromatic nitrogens is 5. The van der Waals surface area contributed by atoms with Crippen molar-refractivity contribution in [2.75, 3.05) is 13.1 Å². The second kappa shape index (κ2) is 6.09. The van der Waals surface area contributed by atoms with Crippen molar-refractivity contribution < 1.29 is 4.79 Å². The van der Waals surface area contributed by atoms with Crippen molar-refractivity contribution in [2.45, 2.75) is 31.2 Å². The Morgan fingerprint density at radius 3 is 2.81 bits per heavy atom. The molecule has 7 heteroatoms. The minimum absolute atomic E-state index is 0.00953. The monoisotopic (exact) mass is 348 g/mol. The number of hydrogen-bond acceptors (Lipinski definition) is 4. The zero-order chi connectivity index (χ0) is 17.5. The molecule has 1 unspecified atom stereocenters. The molecule has 1 aromatic carbocycles. The van der Waals surface area contributed by atoms with Crippen molar-refractivity contribution in [1.82, 2.24) is 30.1 Å². The summed E-state index contributed by atoms with van der Waals surface area (Å²) in [5, 5.41) is 15.7. The summed E-state index contributed by atoms with van der Waals surface area (Å²) in [7, 11) is 0. The minimum atomic E-state index is -0.00953. The van der Waals surface area contributed by atoms with E-state index in [4.69, 9.17) is 0 Å². The molecule has 2 fully saturated rings. The Kier molecular flexibility index (Phi) is 3.58. The van der Waals surface area contributed by atoms with Crippen molar-refractivity contribution in [1.29, 1.82) is 0 Å². The molecule has 1 amide bonds. The van der Waals surface area contributed by atoms with Crippen LogP contribution in [0.4, 0.5) is 0 Å². The van der Waals surface area contributed by atoms with Gasteiger partial charge in [0, 0.05) is 30.8 Å². The Morgan fingerprint density at radius 2 is 2.00 bits per heavy atom. The van der Waals surface area contributed by atoms with E-state index in [1.807, 2.05) is 46.0 Å². The van der Waals surface area contributed by atoms with E-state index in [1.54, 1.807) is 0 Å². The van der Waals surface area contributed by atoms with Gasteiger partial charge in [-0.25, -0.2) is 4.68 Å². The highest BCUT2D eigenvalue weighted by molar-refractivity contribution is 5.93. The lowest BCUT2D eigenvalue weighted by molar-refractivity contribution is 0.0781. The summed E-state index contributed by atoms with van der Waals surface area (Å²) in [6.45, 7) is 1.38. The molecular weight excluding hydrogens is 328 g/mol. The fraction of sp³-hybridized carbons (Fsp3) is 0.368. The van der Waals surface area contributed by atoms with E-state index >= 15 is 0 Å². The normalized spacial score (nSPS) is 19.8. The van der Waals surface area contributed by atoms with Gasteiger partial charge in [0.2, 0.25) is 0 Å². The maximum Gasteiger partial charge on any atom is 0.271 e. The molecule has 1 aliphatic carbocycles. The van der Waals surface area contributed by atoms with Crippen molar-refractivity contribution in [3.63, 3.8) is 0 Å². The third-order valence-electron chi connectivity index (χ3n) is 5.23. The molecule has 26 heavy (non-hydrogen) atoms. The molecule has 0 bridgehead atoms. The van der Waals surface area contributed by atoms with Crippen molar-refractivity contribution >= 4 is 5.91 Å². The van der Waals surface area contributed by atoms with E-state index in [0.717, 1.165) is 29.9 Å². The van der Waals surface area contributed by atoms with E-state index in [0.29, 0.717) is 18.2 Å². The van der Waals surface area contributed by atoms with Gasteiger partial charge < -0.3 is 4.90 Å². The second-order valence-corrected chi connectivity index (χ2v) is 7.12. The average molecular weight is 348 g/mol. The van der Waals surface area contributed by atoms with Gasteiger partial charge in [0.05, 0.1) is 17.4 Å². The summed E-state index contributed by atoms with van der Waals surface area (Å²) in [6, 6.07) is 11.9. The fourth-order valence-corrected chi connectivity index (χ4v) is 3.54. The lowest BCUT2D eigenvalue weighted by atomic mass is 10.1. The Bertz CT molecular complexity index is 926. The molecule has 1 atom stereocenters. The van der Waals surface area contributed by atoms with Crippen LogP contribution in [0.2, 0.25) is 0 Å². The lowest BCUT2D eigenvalue weighted by Gasteiger charge is -2.15. The predicted octanol–water partition coefficient (Wildman–Crippen LogP) is 2.63. The van der Waals surface area contributed by atoms with Gasteiger partial charge >= 0.3 is 0 Å². The number of hydrogen-bond donors (Lipinski definition) is 1. The molecular formula is C19H20N6O. The SMILES string of the molecule is O=C(c1cc(-c2ccccc2)n[nH]1)N1CCC(n2cc(C3CC3)nn2)C1. The highest BCUT2D eigenvalue weighted by Crippen LogP contribution is 2.39. The van der Waals surface area contributed by atoms with E-state index in [-0.39, 0.29) is 11.9 Å². The van der Waals surface area contributed by atoms with Crippen LogP contribution in [0.5, 0.6) is 0 Å². The zero-order valence-corrected chi connectivity index (χ0v) is 14.4. The Balaban J connectivity index is 1.28. The van der Waals surface area contributed by atoms with Gasteiger partial charge in [0.25, 0.3) is 5.91 Å². The maximum atomic E-state index is 12.8. The van der Waals surface area contributed by atoms with Crippen LogP contribution in [0.3, 0.4) is 0 Å². The van der Waals surface area contributed by atoms with Crippen LogP contribution in [0.25, 0.3) is 11.3 Å². The molecule has 0 spiro atoms. The van der Waals surface area contributed by atoms with Gasteiger partial charge in [-0.1, -0.05) is 35.5 Å². The van der Waals surface area contributed by atoms with Gasteiger partial charge in [-0.15, -0.1) is 5.10 Å². The number of nitrogens with one attached hydrogen (secondary N) is 1. The summed E-state index contributed by atoms with van der Waals surface area (Å²) in [5.74, 6) is 0.592. The van der Waals surface area contributed by atoms with Crippen molar-refractivity contribution in [2.24, 2.45) is 0 Å². The van der Waals surface area contributed by atoms with Crippen LogP contribution in [-0.4, -0.2) is 49.1 Å². The third-order valence-corrected chi connectivity index (χ3v) is 5.23. The molecule has 0 radical (unpaired) electrons. The molecule has 3 heterocycles. The average Bonchev–Trinajstić information content (AvgIpc) is 3.12. The topological polar surface area (TPSA) is 79.7 Å². The Labute approximate surface area is 151 Å². The number of rotatable bonds is 4. The van der Waals surface area contributed by atoms with Crippen LogP contribution < -0.4 is 0 Å². The molecule has 7 nitrogen and oxygen atoms in total. The molecule has 1 N–H and O–H groups in total. The quantitative estimate of drug-likeness (QED) is 0.786. The van der Waals surface area contributed by atoms with Crippen LogP contribution in [0.1, 0.15) is 47.4 Å².